The summed E-state index contributed by atoms with van der Waals surface area (Å²) in [6, 6.07) is 5.74. The van der Waals surface area contributed by atoms with Gasteiger partial charge in [-0.1, -0.05) is 6.92 Å². The molecule has 1 atom stereocenters. The quantitative estimate of drug-likeness (QED) is 0.721. The third-order valence-electron chi connectivity index (χ3n) is 6.88. The molecule has 7 nitrogen and oxygen atoms in total. The molecule has 3 aliphatic rings. The van der Waals surface area contributed by atoms with Crippen LogP contribution in [-0.2, 0) is 4.79 Å². The molecule has 0 unspecified atom stereocenters. The summed E-state index contributed by atoms with van der Waals surface area (Å²) >= 11 is 0. The summed E-state index contributed by atoms with van der Waals surface area (Å²) in [5, 5.41) is 3.05. The molecule has 30 heavy (non-hydrogen) atoms. The number of hydrogen-bond donors (Lipinski definition) is 1. The number of amides is 2. The molecule has 0 aromatic heterocycles. The number of carbonyl (C=O) groups is 2. The minimum Gasteiger partial charge on any atom is -0.358 e. The number of carbonyl (C=O) groups excluding carboxylic acids is 2. The summed E-state index contributed by atoms with van der Waals surface area (Å²) in [6.45, 7) is 10.5. The van der Waals surface area contributed by atoms with Gasteiger partial charge in [0.2, 0.25) is 5.91 Å². The van der Waals surface area contributed by atoms with E-state index in [1.807, 2.05) is 25.2 Å². The van der Waals surface area contributed by atoms with Crippen molar-refractivity contribution in [1.82, 2.24) is 15.1 Å². The highest BCUT2D eigenvalue weighted by molar-refractivity contribution is 6.07. The first-order valence-corrected chi connectivity index (χ1v) is 11.5. The molecule has 0 aliphatic carbocycles. The van der Waals surface area contributed by atoms with Gasteiger partial charge in [-0.2, -0.15) is 0 Å². The Labute approximate surface area is 180 Å². The van der Waals surface area contributed by atoms with Gasteiger partial charge in [0.05, 0.1) is 11.4 Å². The van der Waals surface area contributed by atoms with E-state index in [-0.39, 0.29) is 17.9 Å². The van der Waals surface area contributed by atoms with Gasteiger partial charge < -0.3 is 24.9 Å². The summed E-state index contributed by atoms with van der Waals surface area (Å²) in [5.41, 5.74) is 2.55. The maximum absolute atomic E-state index is 12.8. The molecule has 2 saturated heterocycles. The first-order valence-electron chi connectivity index (χ1n) is 11.5. The first kappa shape index (κ1) is 21.1. The van der Waals surface area contributed by atoms with Crippen molar-refractivity contribution in [2.24, 2.45) is 0 Å². The monoisotopic (exact) mass is 413 g/mol. The van der Waals surface area contributed by atoms with Crippen molar-refractivity contribution < 1.29 is 9.59 Å². The third kappa shape index (κ3) is 4.32. The zero-order valence-electron chi connectivity index (χ0n) is 18.4. The van der Waals surface area contributed by atoms with E-state index >= 15 is 0 Å². The fourth-order valence-corrected chi connectivity index (χ4v) is 4.93. The Morgan fingerprint density at radius 2 is 1.83 bits per heavy atom. The molecular weight excluding hydrogens is 378 g/mol. The fourth-order valence-electron chi connectivity index (χ4n) is 4.93. The van der Waals surface area contributed by atoms with Crippen LogP contribution in [0.4, 0.5) is 11.4 Å². The SMILES string of the molecule is CCN1CCN(CCCNC(=O)c2ccc3c(c2)N(C)C(=O)[C@@H]2CCCCN32)CC1. The van der Waals surface area contributed by atoms with Crippen LogP contribution in [0.5, 0.6) is 0 Å². The van der Waals surface area contributed by atoms with E-state index in [1.165, 1.54) is 0 Å². The van der Waals surface area contributed by atoms with Gasteiger partial charge in [-0.25, -0.2) is 0 Å². The molecule has 2 amide bonds. The second-order valence-electron chi connectivity index (χ2n) is 8.69. The van der Waals surface area contributed by atoms with Gasteiger partial charge in [0.15, 0.2) is 0 Å². The molecule has 1 aromatic carbocycles. The molecule has 3 aliphatic heterocycles. The Morgan fingerprint density at radius 1 is 1.07 bits per heavy atom. The van der Waals surface area contributed by atoms with Crippen molar-refractivity contribution in [3.05, 3.63) is 23.8 Å². The number of anilines is 2. The smallest absolute Gasteiger partial charge is 0.251 e. The second kappa shape index (κ2) is 9.35. The highest BCUT2D eigenvalue weighted by atomic mass is 16.2. The standard InChI is InChI=1S/C23H35N5O2/c1-3-26-13-15-27(16-14-26)11-6-10-24-22(29)18-8-9-19-21(17-18)25(2)23(30)20-7-4-5-12-28(19)20/h8-9,17,20H,3-7,10-16H2,1-2H3,(H,24,29)/t20-/m0/s1. The van der Waals surface area contributed by atoms with Gasteiger partial charge in [-0.15, -0.1) is 0 Å². The van der Waals surface area contributed by atoms with E-state index in [0.717, 1.165) is 82.9 Å². The topological polar surface area (TPSA) is 59.1 Å². The van der Waals surface area contributed by atoms with E-state index in [1.54, 1.807) is 4.90 Å². The van der Waals surface area contributed by atoms with E-state index in [0.29, 0.717) is 12.1 Å². The molecule has 2 fully saturated rings. The summed E-state index contributed by atoms with van der Waals surface area (Å²) in [4.78, 5) is 34.4. The van der Waals surface area contributed by atoms with Crippen LogP contribution in [0.2, 0.25) is 0 Å². The second-order valence-corrected chi connectivity index (χ2v) is 8.69. The number of hydrogen-bond acceptors (Lipinski definition) is 5. The van der Waals surface area contributed by atoms with Crippen molar-refractivity contribution in [1.29, 1.82) is 0 Å². The van der Waals surface area contributed by atoms with Gasteiger partial charge in [-0.3, -0.25) is 9.59 Å². The minimum absolute atomic E-state index is 0.0462. The highest BCUT2D eigenvalue weighted by Crippen LogP contribution is 2.39. The van der Waals surface area contributed by atoms with Crippen molar-refractivity contribution in [2.45, 2.75) is 38.6 Å². The van der Waals surface area contributed by atoms with E-state index in [4.69, 9.17) is 0 Å². The summed E-state index contributed by atoms with van der Waals surface area (Å²) < 4.78 is 0. The van der Waals surface area contributed by atoms with Gasteiger partial charge in [0, 0.05) is 51.9 Å². The zero-order valence-corrected chi connectivity index (χ0v) is 18.4. The molecule has 164 valence electrons. The molecule has 4 rings (SSSR count). The van der Waals surface area contributed by atoms with Crippen LogP contribution in [0.3, 0.4) is 0 Å². The molecule has 3 heterocycles. The first-order chi connectivity index (χ1) is 14.6. The van der Waals surface area contributed by atoms with E-state index < -0.39 is 0 Å². The Bertz CT molecular complexity index is 775. The van der Waals surface area contributed by atoms with Crippen molar-refractivity contribution in [2.75, 3.05) is 69.2 Å². The average Bonchev–Trinajstić information content (AvgIpc) is 2.80. The lowest BCUT2D eigenvalue weighted by Crippen LogP contribution is -2.54. The lowest BCUT2D eigenvalue weighted by Gasteiger charge is -2.44. The summed E-state index contributed by atoms with van der Waals surface area (Å²) in [7, 11) is 1.83. The largest absolute Gasteiger partial charge is 0.358 e. The molecule has 0 spiro atoms. The van der Waals surface area contributed by atoms with Gasteiger partial charge in [-0.05, 0) is 57.0 Å². The van der Waals surface area contributed by atoms with Crippen LogP contribution in [0.1, 0.15) is 43.0 Å². The van der Waals surface area contributed by atoms with Crippen LogP contribution >= 0.6 is 0 Å². The molecule has 0 radical (unpaired) electrons. The van der Waals surface area contributed by atoms with Crippen molar-refractivity contribution in [3.8, 4) is 0 Å². The predicted octanol–water partition coefficient (Wildman–Crippen LogP) is 1.78. The number of nitrogens with one attached hydrogen (secondary N) is 1. The van der Waals surface area contributed by atoms with Crippen molar-refractivity contribution >= 4 is 23.2 Å². The Kier molecular flexibility index (Phi) is 6.58. The van der Waals surface area contributed by atoms with Crippen LogP contribution in [0.25, 0.3) is 0 Å². The Balaban J connectivity index is 1.31. The number of nitrogens with zero attached hydrogens (tertiary/aromatic N) is 4. The maximum atomic E-state index is 12.8. The predicted molar refractivity (Wildman–Crippen MR) is 120 cm³/mol. The lowest BCUT2D eigenvalue weighted by atomic mass is 9.96. The molecule has 1 aromatic rings. The molecular formula is C23H35N5O2. The van der Waals surface area contributed by atoms with Crippen LogP contribution in [-0.4, -0.2) is 87.1 Å². The van der Waals surface area contributed by atoms with Gasteiger partial charge in [0.25, 0.3) is 5.91 Å². The normalized spacial score (nSPS) is 22.6. The Hall–Kier alpha value is -2.12. The van der Waals surface area contributed by atoms with E-state index in [2.05, 4.69) is 26.9 Å². The molecule has 0 bridgehead atoms. The van der Waals surface area contributed by atoms with Crippen LogP contribution in [0.15, 0.2) is 18.2 Å². The maximum Gasteiger partial charge on any atom is 0.251 e. The van der Waals surface area contributed by atoms with Crippen molar-refractivity contribution in [3.63, 3.8) is 0 Å². The number of benzene rings is 1. The average molecular weight is 414 g/mol. The fraction of sp³-hybridized carbons (Fsp3) is 0.652. The Morgan fingerprint density at radius 3 is 2.60 bits per heavy atom. The summed E-state index contributed by atoms with van der Waals surface area (Å²) in [6.07, 6.45) is 4.09. The number of likely N-dealkylation sites (N-methyl/N-ethyl adjacent to an activating group) is 2. The summed E-state index contributed by atoms with van der Waals surface area (Å²) in [5.74, 6) is 0.0816. The highest BCUT2D eigenvalue weighted by Gasteiger charge is 2.38. The number of rotatable bonds is 6. The minimum atomic E-state index is -0.0600. The van der Waals surface area contributed by atoms with Crippen LogP contribution < -0.4 is 15.1 Å². The lowest BCUT2D eigenvalue weighted by molar-refractivity contribution is -0.120. The van der Waals surface area contributed by atoms with Gasteiger partial charge in [0.1, 0.15) is 6.04 Å². The number of fused-ring (bicyclic) bond motifs is 3. The van der Waals surface area contributed by atoms with Gasteiger partial charge >= 0.3 is 0 Å². The van der Waals surface area contributed by atoms with E-state index in [9.17, 15) is 9.59 Å². The molecule has 0 saturated carbocycles. The third-order valence-corrected chi connectivity index (χ3v) is 6.88. The number of piperidine rings is 1. The molecule has 1 N–H and O–H groups in total. The van der Waals surface area contributed by atoms with Crippen LogP contribution in [0, 0.1) is 0 Å². The molecule has 7 heteroatoms. The zero-order chi connectivity index (χ0) is 21.1. The number of piperazine rings is 1.